The molecule has 0 radical (unpaired) electrons. The number of carbonyl (C=O) groups is 1. The van der Waals surface area contributed by atoms with E-state index in [1.54, 1.807) is 23.2 Å². The van der Waals surface area contributed by atoms with Crippen molar-refractivity contribution >= 4 is 16.9 Å². The van der Waals surface area contributed by atoms with Crippen molar-refractivity contribution in [3.63, 3.8) is 0 Å². The number of amides is 1. The Kier molecular flexibility index (Phi) is 4.66. The maximum Gasteiger partial charge on any atom is 0.416 e. The highest BCUT2D eigenvalue weighted by Crippen LogP contribution is 2.31. The number of nitrogens with zero attached hydrogens (tertiary/aromatic N) is 5. The summed E-state index contributed by atoms with van der Waals surface area (Å²) in [7, 11) is 1.70. The number of alkyl halides is 3. The van der Waals surface area contributed by atoms with Crippen LogP contribution < -0.4 is 5.32 Å². The standard InChI is InChI=1S/C16H17F3N6O/c1-10(7-25-9-20-8-22-25)15(26)21-6-14-23-12-5-11(16(17,18)19)3-4-13(12)24(14)2/h3-5,8-10H,6-7H2,1-2H3,(H,21,26)/t10-/m0/s1. The monoisotopic (exact) mass is 366 g/mol. The Hall–Kier alpha value is -2.91. The molecule has 1 amide bonds. The molecule has 0 spiro atoms. The van der Waals surface area contributed by atoms with Crippen LogP contribution in [-0.4, -0.2) is 30.2 Å². The minimum absolute atomic E-state index is 0.118. The SMILES string of the molecule is C[C@@H](Cn1cncn1)C(=O)NCc1nc2cc(C(F)(F)F)ccc2n1C. The third-order valence-corrected chi connectivity index (χ3v) is 4.10. The van der Waals surface area contributed by atoms with Crippen molar-refractivity contribution < 1.29 is 18.0 Å². The van der Waals surface area contributed by atoms with Gasteiger partial charge in [-0.25, -0.2) is 9.97 Å². The van der Waals surface area contributed by atoms with E-state index in [-0.39, 0.29) is 23.9 Å². The molecule has 0 saturated heterocycles. The molecule has 0 unspecified atom stereocenters. The van der Waals surface area contributed by atoms with Crippen LogP contribution in [-0.2, 0) is 31.1 Å². The molecule has 0 aliphatic rings. The van der Waals surface area contributed by atoms with E-state index in [4.69, 9.17) is 0 Å². The number of carbonyl (C=O) groups excluding carboxylic acids is 1. The number of aryl methyl sites for hydroxylation is 1. The molecule has 0 bridgehead atoms. The molecule has 1 aromatic carbocycles. The summed E-state index contributed by atoms with van der Waals surface area (Å²) >= 11 is 0. The Labute approximate surface area is 146 Å². The zero-order chi connectivity index (χ0) is 18.9. The van der Waals surface area contributed by atoms with E-state index < -0.39 is 11.7 Å². The number of fused-ring (bicyclic) bond motifs is 1. The maximum atomic E-state index is 12.8. The zero-order valence-electron chi connectivity index (χ0n) is 14.2. The molecular weight excluding hydrogens is 349 g/mol. The lowest BCUT2D eigenvalue weighted by Gasteiger charge is -2.12. The van der Waals surface area contributed by atoms with Crippen molar-refractivity contribution in [1.82, 2.24) is 29.6 Å². The minimum atomic E-state index is -4.42. The van der Waals surface area contributed by atoms with Crippen molar-refractivity contribution in [3.05, 3.63) is 42.2 Å². The summed E-state index contributed by atoms with van der Waals surface area (Å²) in [6.07, 6.45) is -1.51. The molecular formula is C16H17F3N6O. The molecule has 0 saturated carbocycles. The van der Waals surface area contributed by atoms with Crippen LogP contribution >= 0.6 is 0 Å². The van der Waals surface area contributed by atoms with E-state index in [1.807, 2.05) is 0 Å². The van der Waals surface area contributed by atoms with E-state index in [0.29, 0.717) is 17.9 Å². The van der Waals surface area contributed by atoms with Crippen LogP contribution in [0.1, 0.15) is 18.3 Å². The first-order valence-corrected chi connectivity index (χ1v) is 7.88. The number of imidazole rings is 1. The fraction of sp³-hybridized carbons (Fsp3) is 0.375. The van der Waals surface area contributed by atoms with Crippen LogP contribution in [0.15, 0.2) is 30.9 Å². The van der Waals surface area contributed by atoms with Gasteiger partial charge in [-0.05, 0) is 18.2 Å². The molecule has 3 rings (SSSR count). The first-order chi connectivity index (χ1) is 12.3. The fourth-order valence-electron chi connectivity index (χ4n) is 2.62. The quantitative estimate of drug-likeness (QED) is 0.751. The molecule has 7 nitrogen and oxygen atoms in total. The number of hydrogen-bond donors (Lipinski definition) is 1. The number of benzene rings is 1. The van der Waals surface area contributed by atoms with E-state index in [2.05, 4.69) is 20.4 Å². The van der Waals surface area contributed by atoms with Crippen LogP contribution in [0.4, 0.5) is 13.2 Å². The highest BCUT2D eigenvalue weighted by atomic mass is 19.4. The summed E-state index contributed by atoms with van der Waals surface area (Å²) in [6.45, 7) is 2.25. The normalized spacial score (nSPS) is 13.1. The van der Waals surface area contributed by atoms with Gasteiger partial charge in [0.05, 0.1) is 35.6 Å². The van der Waals surface area contributed by atoms with Gasteiger partial charge in [-0.2, -0.15) is 18.3 Å². The van der Waals surface area contributed by atoms with Crippen LogP contribution in [0.25, 0.3) is 11.0 Å². The second-order valence-corrected chi connectivity index (χ2v) is 6.02. The fourth-order valence-corrected chi connectivity index (χ4v) is 2.62. The number of aromatic nitrogens is 5. The van der Waals surface area contributed by atoms with E-state index in [0.717, 1.165) is 12.1 Å². The van der Waals surface area contributed by atoms with Gasteiger partial charge in [-0.1, -0.05) is 6.92 Å². The van der Waals surface area contributed by atoms with Crippen LogP contribution in [0.5, 0.6) is 0 Å². The first kappa shape index (κ1) is 17.9. The van der Waals surface area contributed by atoms with Crippen molar-refractivity contribution in [1.29, 1.82) is 0 Å². The Morgan fingerprint density at radius 1 is 1.35 bits per heavy atom. The smallest absolute Gasteiger partial charge is 0.349 e. The molecule has 138 valence electrons. The summed E-state index contributed by atoms with van der Waals surface area (Å²) < 4.78 is 41.7. The molecule has 1 atom stereocenters. The molecule has 10 heteroatoms. The lowest BCUT2D eigenvalue weighted by molar-refractivity contribution is -0.137. The molecule has 0 aliphatic heterocycles. The van der Waals surface area contributed by atoms with E-state index in [1.165, 1.54) is 18.7 Å². The summed E-state index contributed by atoms with van der Waals surface area (Å²) in [6, 6.07) is 3.41. The number of hydrogen-bond acceptors (Lipinski definition) is 4. The van der Waals surface area contributed by atoms with Gasteiger partial charge in [-0.3, -0.25) is 9.48 Å². The minimum Gasteiger partial charge on any atom is -0.349 e. The average molecular weight is 366 g/mol. The highest BCUT2D eigenvalue weighted by Gasteiger charge is 2.31. The Morgan fingerprint density at radius 2 is 2.12 bits per heavy atom. The van der Waals surface area contributed by atoms with E-state index >= 15 is 0 Å². The van der Waals surface area contributed by atoms with Crippen molar-refractivity contribution in [2.45, 2.75) is 26.2 Å². The predicted molar refractivity (Wildman–Crippen MR) is 86.7 cm³/mol. The van der Waals surface area contributed by atoms with Gasteiger partial charge in [0.25, 0.3) is 0 Å². The highest BCUT2D eigenvalue weighted by molar-refractivity contribution is 5.79. The van der Waals surface area contributed by atoms with Gasteiger partial charge in [0, 0.05) is 7.05 Å². The van der Waals surface area contributed by atoms with Gasteiger partial charge in [-0.15, -0.1) is 0 Å². The van der Waals surface area contributed by atoms with Crippen molar-refractivity contribution in [2.75, 3.05) is 0 Å². The van der Waals surface area contributed by atoms with E-state index in [9.17, 15) is 18.0 Å². The topological polar surface area (TPSA) is 77.6 Å². The van der Waals surface area contributed by atoms with Gasteiger partial charge in [0.15, 0.2) is 0 Å². The number of halogens is 3. The Morgan fingerprint density at radius 3 is 2.77 bits per heavy atom. The van der Waals surface area contributed by atoms with Gasteiger partial charge in [0.1, 0.15) is 18.5 Å². The van der Waals surface area contributed by atoms with Crippen LogP contribution in [0, 0.1) is 5.92 Å². The molecule has 3 aromatic rings. The van der Waals surface area contributed by atoms with Gasteiger partial charge >= 0.3 is 6.18 Å². The summed E-state index contributed by atoms with van der Waals surface area (Å²) in [5.41, 5.74) is 0.0558. The predicted octanol–water partition coefficient (Wildman–Crippen LogP) is 2.14. The molecule has 0 aliphatic carbocycles. The number of rotatable bonds is 5. The Balaban J connectivity index is 1.70. The third-order valence-electron chi connectivity index (χ3n) is 4.10. The summed E-state index contributed by atoms with van der Waals surface area (Å²) in [5, 5.41) is 6.70. The summed E-state index contributed by atoms with van der Waals surface area (Å²) in [4.78, 5) is 20.2. The van der Waals surface area contributed by atoms with Gasteiger partial charge in [0.2, 0.25) is 5.91 Å². The van der Waals surface area contributed by atoms with Crippen molar-refractivity contribution in [2.24, 2.45) is 13.0 Å². The second-order valence-electron chi connectivity index (χ2n) is 6.02. The molecule has 1 N–H and O–H groups in total. The first-order valence-electron chi connectivity index (χ1n) is 7.88. The third kappa shape index (κ3) is 3.68. The van der Waals surface area contributed by atoms with Crippen molar-refractivity contribution in [3.8, 4) is 0 Å². The second kappa shape index (κ2) is 6.77. The molecule has 2 heterocycles. The maximum absolute atomic E-state index is 12.8. The molecule has 2 aromatic heterocycles. The molecule has 0 fully saturated rings. The zero-order valence-corrected chi connectivity index (χ0v) is 14.2. The largest absolute Gasteiger partial charge is 0.416 e. The Bertz CT molecular complexity index is 916. The summed E-state index contributed by atoms with van der Waals surface area (Å²) in [5.74, 6) is -0.0765. The number of nitrogens with one attached hydrogen (secondary N) is 1. The van der Waals surface area contributed by atoms with Crippen LogP contribution in [0.2, 0.25) is 0 Å². The molecule has 26 heavy (non-hydrogen) atoms. The van der Waals surface area contributed by atoms with Crippen LogP contribution in [0.3, 0.4) is 0 Å². The lowest BCUT2D eigenvalue weighted by atomic mass is 10.1. The lowest BCUT2D eigenvalue weighted by Crippen LogP contribution is -2.32. The van der Waals surface area contributed by atoms with Gasteiger partial charge < -0.3 is 9.88 Å². The average Bonchev–Trinajstić information content (AvgIpc) is 3.19.